The van der Waals surface area contributed by atoms with Crippen LogP contribution in [0.1, 0.15) is 21.7 Å². The second kappa shape index (κ2) is 9.03. The van der Waals surface area contributed by atoms with Crippen molar-refractivity contribution in [2.75, 3.05) is 0 Å². The summed E-state index contributed by atoms with van der Waals surface area (Å²) in [5.41, 5.74) is 1.22. The normalized spacial score (nSPS) is 11.2. The Kier molecular flexibility index (Phi) is 6.47. The smallest absolute Gasteiger partial charge is 0.272 e. The lowest BCUT2D eigenvalue weighted by atomic mass is 10.2. The number of hydrogen-bond acceptors (Lipinski definition) is 6. The molecule has 0 atom stereocenters. The number of rotatable bonds is 7. The van der Waals surface area contributed by atoms with Crippen LogP contribution in [0.5, 0.6) is 0 Å². The number of benzene rings is 1. The Morgan fingerprint density at radius 1 is 1.10 bits per heavy atom. The van der Waals surface area contributed by atoms with Crippen molar-refractivity contribution in [2.24, 2.45) is 0 Å². The number of amides is 1. The molecule has 0 bridgehead atoms. The van der Waals surface area contributed by atoms with Gasteiger partial charge in [0.25, 0.3) is 5.91 Å². The van der Waals surface area contributed by atoms with Crippen LogP contribution in [0.15, 0.2) is 59.8 Å². The summed E-state index contributed by atoms with van der Waals surface area (Å²) in [6.45, 7) is 0.123. The van der Waals surface area contributed by atoms with Crippen LogP contribution in [0.3, 0.4) is 0 Å². The number of aromatic nitrogens is 3. The summed E-state index contributed by atoms with van der Waals surface area (Å²) in [6.07, 6.45) is 3.27. The van der Waals surface area contributed by atoms with Crippen molar-refractivity contribution in [1.82, 2.24) is 25.2 Å². The highest BCUT2D eigenvalue weighted by atomic mass is 35.5. The maximum absolute atomic E-state index is 13.2. The molecule has 0 aliphatic carbocycles. The molecule has 0 aliphatic heterocycles. The number of sulfonamides is 1. The van der Waals surface area contributed by atoms with E-state index < -0.39 is 21.7 Å². The first-order chi connectivity index (χ1) is 13.8. The molecule has 0 unspecified atom stereocenters. The molecule has 3 rings (SSSR count). The number of nitrogens with one attached hydrogen (secondary N) is 2. The fourth-order valence-corrected chi connectivity index (χ4v) is 3.52. The van der Waals surface area contributed by atoms with E-state index in [4.69, 9.17) is 11.6 Å². The highest BCUT2D eigenvalue weighted by Crippen LogP contribution is 2.19. The van der Waals surface area contributed by atoms with Gasteiger partial charge in [0, 0.05) is 18.9 Å². The van der Waals surface area contributed by atoms with E-state index >= 15 is 0 Å². The zero-order chi connectivity index (χ0) is 20.9. The van der Waals surface area contributed by atoms with Crippen molar-refractivity contribution < 1.29 is 17.6 Å². The lowest BCUT2D eigenvalue weighted by Gasteiger charge is -2.07. The van der Waals surface area contributed by atoms with Crippen molar-refractivity contribution in [3.63, 3.8) is 0 Å². The number of pyridine rings is 1. The molecule has 3 aromatic rings. The Labute approximate surface area is 171 Å². The highest BCUT2D eigenvalue weighted by molar-refractivity contribution is 7.89. The van der Waals surface area contributed by atoms with E-state index in [0.29, 0.717) is 5.69 Å². The Balaban J connectivity index is 1.58. The van der Waals surface area contributed by atoms with Crippen molar-refractivity contribution in [2.45, 2.75) is 18.0 Å². The molecular formula is C18H15ClFN5O3S. The molecule has 1 amide bonds. The number of carbonyl (C=O) groups excluding carboxylic acids is 1. The fraction of sp³-hybridized carbons (Fsp3) is 0.111. The maximum atomic E-state index is 13.2. The molecule has 11 heteroatoms. The maximum Gasteiger partial charge on any atom is 0.272 e. The minimum Gasteiger partial charge on any atom is -0.347 e. The van der Waals surface area contributed by atoms with Crippen LogP contribution in [-0.2, 0) is 23.1 Å². The molecule has 1 aromatic carbocycles. The lowest BCUT2D eigenvalue weighted by molar-refractivity contribution is 0.0944. The van der Waals surface area contributed by atoms with Gasteiger partial charge in [-0.1, -0.05) is 17.7 Å². The molecule has 8 nitrogen and oxygen atoms in total. The highest BCUT2D eigenvalue weighted by Gasteiger charge is 2.16. The molecule has 29 heavy (non-hydrogen) atoms. The Morgan fingerprint density at radius 2 is 1.93 bits per heavy atom. The molecule has 0 spiro atoms. The first-order valence-corrected chi connectivity index (χ1v) is 10.2. The average molecular weight is 436 g/mol. The van der Waals surface area contributed by atoms with Gasteiger partial charge >= 0.3 is 0 Å². The molecule has 2 aromatic heterocycles. The number of hydrogen-bond donors (Lipinski definition) is 2. The number of nitrogens with zero attached hydrogens (tertiary/aromatic N) is 3. The standard InChI is InChI=1S/C18H15ClFN5O3S/c19-15-8-14(4-5-16(15)20)29(27,28)23-11-13-3-6-17(25-24-13)18(26)22-10-12-2-1-7-21-9-12/h1-9,23H,10-11H2,(H,22,26). The van der Waals surface area contributed by atoms with Crippen molar-refractivity contribution in [1.29, 1.82) is 0 Å². The van der Waals surface area contributed by atoms with Crippen LogP contribution in [0.4, 0.5) is 4.39 Å². The zero-order valence-electron chi connectivity index (χ0n) is 14.8. The largest absolute Gasteiger partial charge is 0.347 e. The summed E-state index contributed by atoms with van der Waals surface area (Å²) in [6, 6.07) is 9.58. The Morgan fingerprint density at radius 3 is 2.59 bits per heavy atom. The predicted molar refractivity (Wildman–Crippen MR) is 103 cm³/mol. The molecule has 150 valence electrons. The first kappa shape index (κ1) is 20.8. The van der Waals surface area contributed by atoms with Gasteiger partial charge in [0.05, 0.1) is 22.2 Å². The summed E-state index contributed by atoms with van der Waals surface area (Å²) < 4.78 is 40.0. The van der Waals surface area contributed by atoms with Gasteiger partial charge in [0.2, 0.25) is 10.0 Å². The average Bonchev–Trinajstić information content (AvgIpc) is 2.73. The molecule has 2 heterocycles. The van der Waals surface area contributed by atoms with E-state index in [-0.39, 0.29) is 28.7 Å². The van der Waals surface area contributed by atoms with Crippen LogP contribution >= 0.6 is 11.6 Å². The van der Waals surface area contributed by atoms with Crippen molar-refractivity contribution in [3.05, 3.63) is 82.6 Å². The third-order valence-corrected chi connectivity index (χ3v) is 5.46. The number of halogens is 2. The van der Waals surface area contributed by atoms with Gasteiger partial charge in [0.1, 0.15) is 5.82 Å². The minimum atomic E-state index is -3.92. The summed E-state index contributed by atoms with van der Waals surface area (Å²) in [7, 11) is -3.92. The van der Waals surface area contributed by atoms with Crippen LogP contribution in [0.2, 0.25) is 5.02 Å². The third kappa shape index (κ3) is 5.53. The molecular weight excluding hydrogens is 421 g/mol. The summed E-state index contributed by atoms with van der Waals surface area (Å²) in [5, 5.41) is 10.0. The van der Waals surface area contributed by atoms with Crippen molar-refractivity contribution in [3.8, 4) is 0 Å². The molecule has 0 fully saturated rings. The van der Waals surface area contributed by atoms with Crippen LogP contribution < -0.4 is 10.0 Å². The van der Waals surface area contributed by atoms with E-state index in [1.54, 1.807) is 18.5 Å². The van der Waals surface area contributed by atoms with E-state index in [9.17, 15) is 17.6 Å². The van der Waals surface area contributed by atoms with Gasteiger partial charge < -0.3 is 5.32 Å². The van der Waals surface area contributed by atoms with Gasteiger partial charge in [-0.15, -0.1) is 5.10 Å². The van der Waals surface area contributed by atoms with Crippen molar-refractivity contribution >= 4 is 27.5 Å². The second-order valence-corrected chi connectivity index (χ2v) is 8.03. The van der Waals surface area contributed by atoms with Gasteiger partial charge in [-0.25, -0.2) is 17.5 Å². The summed E-state index contributed by atoms with van der Waals surface area (Å²) in [5.74, 6) is -1.14. The molecule has 0 saturated heterocycles. The predicted octanol–water partition coefficient (Wildman–Crippen LogP) is 2.07. The van der Waals surface area contributed by atoms with E-state index in [2.05, 4.69) is 25.2 Å². The van der Waals surface area contributed by atoms with Crippen LogP contribution in [-0.4, -0.2) is 29.5 Å². The quantitative estimate of drug-likeness (QED) is 0.587. The number of carbonyl (C=O) groups is 1. The lowest BCUT2D eigenvalue weighted by Crippen LogP contribution is -2.26. The fourth-order valence-electron chi connectivity index (χ4n) is 2.25. The van der Waals surface area contributed by atoms with Gasteiger partial charge in [-0.05, 0) is 42.0 Å². The zero-order valence-corrected chi connectivity index (χ0v) is 16.4. The monoisotopic (exact) mass is 435 g/mol. The molecule has 0 saturated carbocycles. The molecule has 2 N–H and O–H groups in total. The van der Waals surface area contributed by atoms with Gasteiger partial charge in [-0.3, -0.25) is 9.78 Å². The van der Waals surface area contributed by atoms with Gasteiger partial charge in [0.15, 0.2) is 5.69 Å². The third-order valence-electron chi connectivity index (χ3n) is 3.77. The molecule has 0 aliphatic rings. The van der Waals surface area contributed by atoms with E-state index in [1.807, 2.05) is 6.07 Å². The topological polar surface area (TPSA) is 114 Å². The Bertz CT molecular complexity index is 1110. The van der Waals surface area contributed by atoms with Gasteiger partial charge in [-0.2, -0.15) is 5.10 Å². The van der Waals surface area contributed by atoms with Crippen LogP contribution in [0, 0.1) is 5.82 Å². The second-order valence-electron chi connectivity index (χ2n) is 5.85. The summed E-state index contributed by atoms with van der Waals surface area (Å²) in [4.78, 5) is 15.9. The summed E-state index contributed by atoms with van der Waals surface area (Å²) >= 11 is 5.62. The first-order valence-electron chi connectivity index (χ1n) is 8.29. The minimum absolute atomic E-state index is 0.0887. The SMILES string of the molecule is O=C(NCc1cccnc1)c1ccc(CNS(=O)(=O)c2ccc(F)c(Cl)c2)nn1. The Hall–Kier alpha value is -2.95. The van der Waals surface area contributed by atoms with Crippen LogP contribution in [0.25, 0.3) is 0 Å². The van der Waals surface area contributed by atoms with E-state index in [1.165, 1.54) is 12.1 Å². The van der Waals surface area contributed by atoms with E-state index in [0.717, 1.165) is 23.8 Å². The molecule has 0 radical (unpaired) electrons.